The molecule has 3 nitrogen and oxygen atoms in total. The van der Waals surface area contributed by atoms with Crippen LogP contribution in [0.2, 0.25) is 10.0 Å². The van der Waals surface area contributed by atoms with Gasteiger partial charge in [0.1, 0.15) is 0 Å². The number of nitrogens with two attached hydrogens (primary N) is 1. The van der Waals surface area contributed by atoms with Crippen molar-refractivity contribution in [2.24, 2.45) is 5.73 Å². The fraction of sp³-hybridized carbons (Fsp3) is 0. The van der Waals surface area contributed by atoms with Gasteiger partial charge in [0, 0.05) is 32.9 Å². The second-order valence-electron chi connectivity index (χ2n) is 4.42. The largest absolute Gasteiger partial charge is 0.366 e. The summed E-state index contributed by atoms with van der Waals surface area (Å²) in [5.41, 5.74) is 7.59. The average Bonchev–Trinajstić information content (AvgIpc) is 2.80. The Morgan fingerprint density at radius 2 is 1.75 bits per heavy atom. The molecule has 0 aliphatic carbocycles. The fourth-order valence-corrected chi connectivity index (χ4v) is 2.80. The van der Waals surface area contributed by atoms with Gasteiger partial charge in [-0.1, -0.05) is 29.3 Å². The molecule has 0 aliphatic heterocycles. The molecular formula is C15H10Cl2N2O. The minimum atomic E-state index is -0.447. The van der Waals surface area contributed by atoms with Crippen LogP contribution in [0.1, 0.15) is 10.4 Å². The summed E-state index contributed by atoms with van der Waals surface area (Å²) >= 11 is 12.1. The number of benzene rings is 2. The third kappa shape index (κ3) is 2.15. The van der Waals surface area contributed by atoms with Crippen molar-refractivity contribution < 1.29 is 4.79 Å². The molecule has 0 radical (unpaired) electrons. The van der Waals surface area contributed by atoms with Crippen molar-refractivity contribution in [3.05, 3.63) is 64.3 Å². The summed E-state index contributed by atoms with van der Waals surface area (Å²) in [6, 6.07) is 12.6. The summed E-state index contributed by atoms with van der Waals surface area (Å²) < 4.78 is 1.92. The van der Waals surface area contributed by atoms with E-state index in [1.807, 2.05) is 35.0 Å². The Morgan fingerprint density at radius 1 is 1.05 bits per heavy atom. The number of primary amides is 1. The summed E-state index contributed by atoms with van der Waals surface area (Å²) in [6.45, 7) is 0. The molecule has 3 aromatic rings. The van der Waals surface area contributed by atoms with Gasteiger partial charge >= 0.3 is 0 Å². The van der Waals surface area contributed by atoms with Crippen LogP contribution in [0.5, 0.6) is 0 Å². The molecule has 1 amide bonds. The number of halogens is 2. The van der Waals surface area contributed by atoms with E-state index in [9.17, 15) is 4.79 Å². The minimum Gasteiger partial charge on any atom is -0.366 e. The highest BCUT2D eigenvalue weighted by molar-refractivity contribution is 6.34. The van der Waals surface area contributed by atoms with Crippen LogP contribution >= 0.6 is 23.2 Å². The van der Waals surface area contributed by atoms with Crippen molar-refractivity contribution in [2.75, 3.05) is 0 Å². The van der Waals surface area contributed by atoms with Gasteiger partial charge in [-0.15, -0.1) is 0 Å². The number of rotatable bonds is 2. The first kappa shape index (κ1) is 13.0. The van der Waals surface area contributed by atoms with Gasteiger partial charge in [-0.3, -0.25) is 4.79 Å². The second kappa shape index (κ2) is 4.85. The first-order valence-electron chi connectivity index (χ1n) is 5.92. The minimum absolute atomic E-state index is 0.447. The number of nitrogens with zero attached hydrogens (tertiary/aromatic N) is 1. The number of hydrogen-bond acceptors (Lipinski definition) is 1. The summed E-state index contributed by atoms with van der Waals surface area (Å²) in [4.78, 5) is 11.4. The van der Waals surface area contributed by atoms with E-state index in [1.165, 1.54) is 0 Å². The van der Waals surface area contributed by atoms with E-state index >= 15 is 0 Å². The monoisotopic (exact) mass is 304 g/mol. The highest BCUT2D eigenvalue weighted by Crippen LogP contribution is 2.27. The standard InChI is InChI=1S/C15H10Cl2N2O/c16-9-6-10(17)8-11(7-9)19-5-4-12-13(15(18)20)2-1-3-14(12)19/h1-8H,(H2,18,20). The van der Waals surface area contributed by atoms with Crippen molar-refractivity contribution in [1.29, 1.82) is 0 Å². The maximum Gasteiger partial charge on any atom is 0.249 e. The van der Waals surface area contributed by atoms with Crippen LogP contribution in [0.25, 0.3) is 16.6 Å². The van der Waals surface area contributed by atoms with Crippen molar-refractivity contribution in [1.82, 2.24) is 4.57 Å². The van der Waals surface area contributed by atoms with Crippen molar-refractivity contribution in [3.63, 3.8) is 0 Å². The molecule has 0 atom stereocenters. The zero-order chi connectivity index (χ0) is 14.3. The topological polar surface area (TPSA) is 48.0 Å². The quantitative estimate of drug-likeness (QED) is 0.763. The number of carbonyl (C=O) groups excluding carboxylic acids is 1. The maximum atomic E-state index is 11.4. The molecule has 1 aromatic heterocycles. The van der Waals surface area contributed by atoms with E-state index in [0.717, 1.165) is 16.6 Å². The highest BCUT2D eigenvalue weighted by atomic mass is 35.5. The van der Waals surface area contributed by atoms with E-state index in [-0.39, 0.29) is 0 Å². The zero-order valence-corrected chi connectivity index (χ0v) is 11.8. The predicted octanol–water partition coefficient (Wildman–Crippen LogP) is 4.04. The van der Waals surface area contributed by atoms with Crippen LogP contribution in [-0.4, -0.2) is 10.5 Å². The van der Waals surface area contributed by atoms with Crippen LogP contribution < -0.4 is 5.73 Å². The summed E-state index contributed by atoms with van der Waals surface area (Å²) in [5, 5.41) is 1.91. The van der Waals surface area contributed by atoms with Gasteiger partial charge in [-0.05, 0) is 36.4 Å². The Kier molecular flexibility index (Phi) is 3.16. The van der Waals surface area contributed by atoms with Gasteiger partial charge in [0.15, 0.2) is 0 Å². The molecule has 2 N–H and O–H groups in total. The van der Waals surface area contributed by atoms with Crippen molar-refractivity contribution in [3.8, 4) is 5.69 Å². The van der Waals surface area contributed by atoms with E-state index in [2.05, 4.69) is 0 Å². The third-order valence-electron chi connectivity index (χ3n) is 3.12. The lowest BCUT2D eigenvalue weighted by Crippen LogP contribution is -2.11. The Balaban J connectivity index is 2.28. The summed E-state index contributed by atoms with van der Waals surface area (Å²) in [6.07, 6.45) is 1.86. The molecule has 0 unspecified atom stereocenters. The molecule has 2 aromatic carbocycles. The fourth-order valence-electron chi connectivity index (χ4n) is 2.29. The molecule has 20 heavy (non-hydrogen) atoms. The highest BCUT2D eigenvalue weighted by Gasteiger charge is 2.10. The zero-order valence-electron chi connectivity index (χ0n) is 10.3. The smallest absolute Gasteiger partial charge is 0.249 e. The molecule has 0 bridgehead atoms. The number of hydrogen-bond donors (Lipinski definition) is 1. The van der Waals surface area contributed by atoms with Gasteiger partial charge in [-0.2, -0.15) is 0 Å². The van der Waals surface area contributed by atoms with Crippen LogP contribution in [0.15, 0.2) is 48.7 Å². The molecule has 3 rings (SSSR count). The van der Waals surface area contributed by atoms with Crippen molar-refractivity contribution >= 4 is 40.0 Å². The number of carbonyl (C=O) groups is 1. The Bertz CT molecular complexity index is 804. The Morgan fingerprint density at radius 3 is 2.40 bits per heavy atom. The molecule has 5 heteroatoms. The Hall–Kier alpha value is -1.97. The normalized spacial score (nSPS) is 10.9. The SMILES string of the molecule is NC(=O)c1cccc2c1ccn2-c1cc(Cl)cc(Cl)c1. The van der Waals surface area contributed by atoms with Crippen LogP contribution in [0.3, 0.4) is 0 Å². The number of aromatic nitrogens is 1. The lowest BCUT2D eigenvalue weighted by atomic mass is 10.1. The van der Waals surface area contributed by atoms with E-state index in [1.54, 1.807) is 18.2 Å². The summed E-state index contributed by atoms with van der Waals surface area (Å²) in [7, 11) is 0. The number of amides is 1. The number of fused-ring (bicyclic) bond motifs is 1. The average molecular weight is 305 g/mol. The molecular weight excluding hydrogens is 295 g/mol. The predicted molar refractivity (Wildman–Crippen MR) is 81.8 cm³/mol. The van der Waals surface area contributed by atoms with Crippen molar-refractivity contribution in [2.45, 2.75) is 0 Å². The molecule has 0 spiro atoms. The van der Waals surface area contributed by atoms with Gasteiger partial charge < -0.3 is 10.3 Å². The molecule has 0 saturated carbocycles. The lowest BCUT2D eigenvalue weighted by molar-refractivity contribution is 0.100. The van der Waals surface area contributed by atoms with Gasteiger partial charge in [0.2, 0.25) is 5.91 Å². The Labute approximate surface area is 125 Å². The lowest BCUT2D eigenvalue weighted by Gasteiger charge is -2.07. The van der Waals surface area contributed by atoms with E-state index in [0.29, 0.717) is 15.6 Å². The first-order valence-corrected chi connectivity index (χ1v) is 6.68. The van der Waals surface area contributed by atoms with Gasteiger partial charge in [0.25, 0.3) is 0 Å². The van der Waals surface area contributed by atoms with E-state index < -0.39 is 5.91 Å². The first-order chi connectivity index (χ1) is 9.56. The van der Waals surface area contributed by atoms with Crippen LogP contribution in [0, 0.1) is 0 Å². The van der Waals surface area contributed by atoms with Gasteiger partial charge in [0.05, 0.1) is 5.52 Å². The third-order valence-corrected chi connectivity index (χ3v) is 3.56. The van der Waals surface area contributed by atoms with E-state index in [4.69, 9.17) is 28.9 Å². The maximum absolute atomic E-state index is 11.4. The second-order valence-corrected chi connectivity index (χ2v) is 5.29. The molecule has 0 fully saturated rings. The molecule has 100 valence electrons. The molecule has 0 aliphatic rings. The molecule has 1 heterocycles. The van der Waals surface area contributed by atoms with Crippen LogP contribution in [0.4, 0.5) is 0 Å². The summed E-state index contributed by atoms with van der Waals surface area (Å²) in [5.74, 6) is -0.447. The van der Waals surface area contributed by atoms with Gasteiger partial charge in [-0.25, -0.2) is 0 Å². The van der Waals surface area contributed by atoms with Crippen LogP contribution in [-0.2, 0) is 0 Å². The molecule has 0 saturated heterocycles.